The Labute approximate surface area is 109 Å². The lowest BCUT2D eigenvalue weighted by Gasteiger charge is -2.34. The third-order valence-corrected chi connectivity index (χ3v) is 6.11. The lowest BCUT2D eigenvalue weighted by molar-refractivity contribution is 0.246. The maximum atomic E-state index is 12.6. The Morgan fingerprint density at radius 2 is 2.06 bits per heavy atom. The highest BCUT2D eigenvalue weighted by Gasteiger charge is 2.40. The molecule has 18 heavy (non-hydrogen) atoms. The second-order valence-corrected chi connectivity index (χ2v) is 7.11. The molecule has 0 spiro atoms. The zero-order valence-corrected chi connectivity index (χ0v) is 12.1. The van der Waals surface area contributed by atoms with Gasteiger partial charge in [0.25, 0.3) is 10.0 Å². The molecule has 0 amide bonds. The van der Waals surface area contributed by atoms with Crippen molar-refractivity contribution in [2.75, 3.05) is 7.05 Å². The summed E-state index contributed by atoms with van der Waals surface area (Å²) in [5.41, 5.74) is -0.248. The molecule has 0 saturated heterocycles. The molecule has 1 fully saturated rings. The lowest BCUT2D eigenvalue weighted by Crippen LogP contribution is -2.45. The van der Waals surface area contributed by atoms with Crippen LogP contribution in [0.4, 0.5) is 0 Å². The van der Waals surface area contributed by atoms with Gasteiger partial charge in [-0.2, -0.15) is 4.31 Å². The van der Waals surface area contributed by atoms with E-state index in [1.807, 2.05) is 13.8 Å². The van der Waals surface area contributed by atoms with Gasteiger partial charge in [0.05, 0.1) is 12.5 Å². The third-order valence-electron chi connectivity index (χ3n) is 4.08. The van der Waals surface area contributed by atoms with E-state index in [1.165, 1.54) is 10.5 Å². The fourth-order valence-electron chi connectivity index (χ4n) is 2.64. The predicted molar refractivity (Wildman–Crippen MR) is 69.7 cm³/mol. The van der Waals surface area contributed by atoms with Gasteiger partial charge in [-0.05, 0) is 26.7 Å². The van der Waals surface area contributed by atoms with Crippen molar-refractivity contribution in [1.82, 2.24) is 13.9 Å². The van der Waals surface area contributed by atoms with Crippen LogP contribution in [0.3, 0.4) is 0 Å². The second kappa shape index (κ2) is 4.66. The Morgan fingerprint density at radius 1 is 1.44 bits per heavy atom. The van der Waals surface area contributed by atoms with Gasteiger partial charge in [0, 0.05) is 19.1 Å². The number of hydrogen-bond acceptors (Lipinski definition) is 3. The fraction of sp³-hybridized carbons (Fsp3) is 0.750. The monoisotopic (exact) mass is 271 g/mol. The van der Waals surface area contributed by atoms with Gasteiger partial charge in [0.2, 0.25) is 0 Å². The molecule has 2 rings (SSSR count). The van der Waals surface area contributed by atoms with E-state index in [4.69, 9.17) is 0 Å². The van der Waals surface area contributed by atoms with Crippen molar-refractivity contribution in [2.45, 2.75) is 56.6 Å². The standard InChI is InChI=1S/C12H21N3O2S/c1-4-15-10-13-9-11(15)18(16,17)14(3)12(2)7-5-6-8-12/h9-10H,4-8H2,1-3H3. The number of nitrogens with zero attached hydrogens (tertiary/aromatic N) is 3. The van der Waals surface area contributed by atoms with Crippen molar-refractivity contribution in [3.63, 3.8) is 0 Å². The SMILES string of the molecule is CCn1cncc1S(=O)(=O)N(C)C1(C)CCCC1. The van der Waals surface area contributed by atoms with Gasteiger partial charge in [-0.15, -0.1) is 0 Å². The Hall–Kier alpha value is -0.880. The number of aryl methyl sites for hydroxylation is 1. The first kappa shape index (κ1) is 13.5. The van der Waals surface area contributed by atoms with Crippen LogP contribution in [0.15, 0.2) is 17.6 Å². The molecule has 0 aliphatic heterocycles. The molecule has 1 aromatic rings. The van der Waals surface area contributed by atoms with Gasteiger partial charge in [-0.3, -0.25) is 0 Å². The van der Waals surface area contributed by atoms with Crippen molar-refractivity contribution in [2.24, 2.45) is 0 Å². The molecule has 0 bridgehead atoms. The van der Waals surface area contributed by atoms with Gasteiger partial charge in [-0.25, -0.2) is 13.4 Å². The zero-order valence-electron chi connectivity index (χ0n) is 11.3. The van der Waals surface area contributed by atoms with Crippen LogP contribution in [-0.2, 0) is 16.6 Å². The summed E-state index contributed by atoms with van der Waals surface area (Å²) in [6, 6.07) is 0. The highest BCUT2D eigenvalue weighted by atomic mass is 32.2. The highest BCUT2D eigenvalue weighted by Crippen LogP contribution is 2.36. The van der Waals surface area contributed by atoms with Crippen LogP contribution in [0.1, 0.15) is 39.5 Å². The van der Waals surface area contributed by atoms with Gasteiger partial charge >= 0.3 is 0 Å². The van der Waals surface area contributed by atoms with Crippen LogP contribution in [0.2, 0.25) is 0 Å². The summed E-state index contributed by atoms with van der Waals surface area (Å²) in [7, 11) is -1.76. The molecular formula is C12H21N3O2S. The minimum Gasteiger partial charge on any atom is -0.321 e. The molecule has 0 unspecified atom stereocenters. The van der Waals surface area contributed by atoms with Crippen LogP contribution < -0.4 is 0 Å². The molecular weight excluding hydrogens is 250 g/mol. The topological polar surface area (TPSA) is 55.2 Å². The van der Waals surface area contributed by atoms with Gasteiger partial charge in [-0.1, -0.05) is 12.8 Å². The van der Waals surface area contributed by atoms with Crippen molar-refractivity contribution >= 4 is 10.0 Å². The fourth-order valence-corrected chi connectivity index (χ4v) is 4.35. The first-order valence-electron chi connectivity index (χ1n) is 6.41. The Morgan fingerprint density at radius 3 is 2.61 bits per heavy atom. The quantitative estimate of drug-likeness (QED) is 0.840. The van der Waals surface area contributed by atoms with E-state index in [2.05, 4.69) is 4.98 Å². The van der Waals surface area contributed by atoms with Gasteiger partial charge < -0.3 is 4.57 Å². The van der Waals surface area contributed by atoms with Crippen LogP contribution >= 0.6 is 0 Å². The summed E-state index contributed by atoms with van der Waals surface area (Å²) in [4.78, 5) is 3.95. The molecule has 1 aliphatic carbocycles. The van der Waals surface area contributed by atoms with Crippen LogP contribution in [-0.4, -0.2) is 34.9 Å². The minimum atomic E-state index is -3.45. The van der Waals surface area contributed by atoms with E-state index < -0.39 is 10.0 Å². The Balaban J connectivity index is 2.37. The van der Waals surface area contributed by atoms with Gasteiger partial charge in [0.15, 0.2) is 5.03 Å². The molecule has 0 aromatic carbocycles. The normalized spacial score (nSPS) is 19.6. The molecule has 0 radical (unpaired) electrons. The molecule has 1 heterocycles. The maximum absolute atomic E-state index is 12.6. The van der Waals surface area contributed by atoms with Crippen molar-refractivity contribution < 1.29 is 8.42 Å². The largest absolute Gasteiger partial charge is 0.321 e. The summed E-state index contributed by atoms with van der Waals surface area (Å²) in [6.45, 7) is 4.56. The molecule has 1 saturated carbocycles. The molecule has 0 atom stereocenters. The first-order chi connectivity index (χ1) is 8.42. The molecule has 0 N–H and O–H groups in total. The minimum absolute atomic E-state index is 0.248. The van der Waals surface area contributed by atoms with E-state index in [1.54, 1.807) is 17.9 Å². The van der Waals surface area contributed by atoms with Crippen molar-refractivity contribution in [3.05, 3.63) is 12.5 Å². The van der Waals surface area contributed by atoms with E-state index in [-0.39, 0.29) is 5.54 Å². The number of imidazole rings is 1. The summed E-state index contributed by atoms with van der Waals surface area (Å²) >= 11 is 0. The maximum Gasteiger partial charge on any atom is 0.260 e. The predicted octanol–water partition coefficient (Wildman–Crippen LogP) is 1.86. The molecule has 5 nitrogen and oxygen atoms in total. The van der Waals surface area contributed by atoms with Crippen LogP contribution in [0, 0.1) is 0 Å². The highest BCUT2D eigenvalue weighted by molar-refractivity contribution is 7.89. The number of sulfonamides is 1. The molecule has 1 aliphatic rings. The molecule has 6 heteroatoms. The molecule has 102 valence electrons. The van der Waals surface area contributed by atoms with E-state index in [9.17, 15) is 8.42 Å². The summed E-state index contributed by atoms with van der Waals surface area (Å²) in [5, 5.41) is 0.292. The molecule has 1 aromatic heterocycles. The third kappa shape index (κ3) is 2.07. The summed E-state index contributed by atoms with van der Waals surface area (Å²) in [6.07, 6.45) is 7.07. The number of hydrogen-bond donors (Lipinski definition) is 0. The Kier molecular flexibility index (Phi) is 3.51. The van der Waals surface area contributed by atoms with Gasteiger partial charge in [0.1, 0.15) is 0 Å². The number of rotatable bonds is 4. The van der Waals surface area contributed by atoms with E-state index in [0.717, 1.165) is 25.7 Å². The lowest BCUT2D eigenvalue weighted by atomic mass is 10.0. The first-order valence-corrected chi connectivity index (χ1v) is 7.85. The summed E-state index contributed by atoms with van der Waals surface area (Å²) < 4.78 is 28.5. The zero-order chi connectivity index (χ0) is 13.4. The number of aromatic nitrogens is 2. The van der Waals surface area contributed by atoms with Crippen molar-refractivity contribution in [1.29, 1.82) is 0 Å². The average Bonchev–Trinajstić information content (AvgIpc) is 2.96. The average molecular weight is 271 g/mol. The summed E-state index contributed by atoms with van der Waals surface area (Å²) in [5.74, 6) is 0. The smallest absolute Gasteiger partial charge is 0.260 e. The van der Waals surface area contributed by atoms with Crippen LogP contribution in [0.5, 0.6) is 0 Å². The van der Waals surface area contributed by atoms with E-state index >= 15 is 0 Å². The van der Waals surface area contributed by atoms with Crippen molar-refractivity contribution in [3.8, 4) is 0 Å². The second-order valence-electron chi connectivity index (χ2n) is 5.19. The Bertz CT molecular complexity index is 515. The van der Waals surface area contributed by atoms with E-state index in [0.29, 0.717) is 11.6 Å². The van der Waals surface area contributed by atoms with Crippen LogP contribution in [0.25, 0.3) is 0 Å².